The van der Waals surface area contributed by atoms with Crippen LogP contribution in [0.25, 0.3) is 0 Å². The van der Waals surface area contributed by atoms with Crippen molar-refractivity contribution in [1.82, 2.24) is 10.4 Å². The van der Waals surface area contributed by atoms with Crippen LogP contribution in [-0.2, 0) is 0 Å². The van der Waals surface area contributed by atoms with Crippen LogP contribution in [0.1, 0.15) is 23.2 Å². The number of pyridine rings is 1. The maximum absolute atomic E-state index is 11.7. The van der Waals surface area contributed by atoms with Gasteiger partial charge in [-0.1, -0.05) is 0 Å². The largest absolute Gasteiger partial charge is 0.396 e. The molecule has 4 N–H and O–H groups in total. The number of nitrogens with zero attached hydrogens (tertiary/aromatic N) is 2. The number of hydrogen-bond acceptors (Lipinski definition) is 6. The van der Waals surface area contributed by atoms with Gasteiger partial charge in [-0.3, -0.25) is 9.78 Å². The number of rotatable bonds is 5. The molecule has 2 rings (SSSR count). The lowest BCUT2D eigenvalue weighted by molar-refractivity contribution is 0.0695. The molecular weight excluding hydrogens is 274 g/mol. The number of aliphatic hydroxyl groups excluding tert-OH is 3. The molecular formula is C14H19N3O4. The van der Waals surface area contributed by atoms with Gasteiger partial charge in [-0.05, 0) is 30.9 Å². The molecule has 1 amide bonds. The Kier molecular flexibility index (Phi) is 5.38. The molecule has 114 valence electrons. The maximum atomic E-state index is 11.7. The van der Waals surface area contributed by atoms with E-state index < -0.39 is 12.2 Å². The Morgan fingerprint density at radius 2 is 2.00 bits per heavy atom. The van der Waals surface area contributed by atoms with Crippen molar-refractivity contribution in [3.63, 3.8) is 0 Å². The van der Waals surface area contributed by atoms with Crippen LogP contribution in [-0.4, -0.2) is 51.2 Å². The quantitative estimate of drug-likeness (QED) is 0.433. The van der Waals surface area contributed by atoms with Crippen LogP contribution < -0.4 is 5.43 Å². The molecule has 1 aliphatic rings. The second-order valence-corrected chi connectivity index (χ2v) is 5.10. The number of aliphatic hydroxyl groups is 3. The summed E-state index contributed by atoms with van der Waals surface area (Å²) in [5.74, 6) is -0.965. The van der Waals surface area contributed by atoms with Crippen molar-refractivity contribution < 1.29 is 20.1 Å². The van der Waals surface area contributed by atoms with E-state index >= 15 is 0 Å². The van der Waals surface area contributed by atoms with E-state index in [0.29, 0.717) is 12.0 Å². The fourth-order valence-corrected chi connectivity index (χ4v) is 2.60. The van der Waals surface area contributed by atoms with Crippen molar-refractivity contribution in [2.75, 3.05) is 6.61 Å². The van der Waals surface area contributed by atoms with Crippen LogP contribution in [0.3, 0.4) is 0 Å². The highest BCUT2D eigenvalue weighted by Crippen LogP contribution is 2.33. The molecule has 0 aliphatic heterocycles. The first-order valence-electron chi connectivity index (χ1n) is 6.82. The molecule has 0 bridgehead atoms. The summed E-state index contributed by atoms with van der Waals surface area (Å²) in [6, 6.07) is 3.15. The Bertz CT molecular complexity index is 494. The van der Waals surface area contributed by atoms with Crippen molar-refractivity contribution in [2.45, 2.75) is 25.0 Å². The second kappa shape index (κ2) is 7.26. The zero-order valence-corrected chi connectivity index (χ0v) is 11.5. The van der Waals surface area contributed by atoms with Crippen LogP contribution >= 0.6 is 0 Å². The van der Waals surface area contributed by atoms with Crippen molar-refractivity contribution in [2.24, 2.45) is 16.9 Å². The minimum Gasteiger partial charge on any atom is -0.396 e. The van der Waals surface area contributed by atoms with E-state index in [9.17, 15) is 20.1 Å². The monoisotopic (exact) mass is 293 g/mol. The third-order valence-electron chi connectivity index (χ3n) is 3.81. The zero-order chi connectivity index (χ0) is 15.2. The summed E-state index contributed by atoms with van der Waals surface area (Å²) in [4.78, 5) is 15.5. The molecule has 1 saturated carbocycles. The van der Waals surface area contributed by atoms with E-state index in [2.05, 4.69) is 15.5 Å². The third kappa shape index (κ3) is 3.84. The smallest absolute Gasteiger partial charge is 0.271 e. The Morgan fingerprint density at radius 1 is 1.33 bits per heavy atom. The molecule has 1 aromatic rings. The fraction of sp³-hybridized carbons (Fsp3) is 0.500. The first-order valence-corrected chi connectivity index (χ1v) is 6.82. The zero-order valence-electron chi connectivity index (χ0n) is 11.5. The van der Waals surface area contributed by atoms with Crippen LogP contribution in [0.2, 0.25) is 0 Å². The van der Waals surface area contributed by atoms with Gasteiger partial charge < -0.3 is 15.3 Å². The number of hydrogen-bond donors (Lipinski definition) is 4. The van der Waals surface area contributed by atoms with Crippen molar-refractivity contribution in [3.8, 4) is 0 Å². The molecule has 1 aromatic heterocycles. The van der Waals surface area contributed by atoms with E-state index in [1.54, 1.807) is 12.1 Å². The highest BCUT2D eigenvalue weighted by atomic mass is 16.3. The summed E-state index contributed by atoms with van der Waals surface area (Å²) >= 11 is 0. The topological polar surface area (TPSA) is 115 Å². The standard InChI is InChI=1S/C14H19N3O4/c18-8-11-10(12(19)7-13(11)20)3-6-16-17-14(21)9-1-4-15-5-2-9/h1-2,4-6,10-13,18-20H,3,7-8H2,(H,17,21)/b16-6+/t10-,11-,12+,13-/m1/s1. The van der Waals surface area contributed by atoms with Gasteiger partial charge in [0.25, 0.3) is 5.91 Å². The first-order chi connectivity index (χ1) is 10.1. The lowest BCUT2D eigenvalue weighted by Crippen LogP contribution is -2.26. The average Bonchev–Trinajstić information content (AvgIpc) is 2.77. The lowest BCUT2D eigenvalue weighted by Gasteiger charge is -2.19. The Hall–Kier alpha value is -1.83. The number of carbonyl (C=O) groups excluding carboxylic acids is 1. The van der Waals surface area contributed by atoms with Crippen molar-refractivity contribution in [1.29, 1.82) is 0 Å². The molecule has 0 aromatic carbocycles. The first kappa shape index (κ1) is 15.6. The Morgan fingerprint density at radius 3 is 2.67 bits per heavy atom. The SMILES string of the molecule is O=C(N/N=C/C[C@@H]1[C@@H](CO)[C@H](O)C[C@@H]1O)c1ccncc1. The summed E-state index contributed by atoms with van der Waals surface area (Å²) in [6.07, 6.45) is 3.77. The summed E-state index contributed by atoms with van der Waals surface area (Å²) in [6.45, 7) is -0.180. The Labute approximate surface area is 122 Å². The molecule has 0 spiro atoms. The normalized spacial score (nSPS) is 28.9. The highest BCUT2D eigenvalue weighted by molar-refractivity contribution is 5.94. The van der Waals surface area contributed by atoms with Gasteiger partial charge in [-0.25, -0.2) is 5.43 Å². The molecule has 0 unspecified atom stereocenters. The molecule has 7 nitrogen and oxygen atoms in total. The predicted molar refractivity (Wildman–Crippen MR) is 75.5 cm³/mol. The van der Waals surface area contributed by atoms with Crippen LogP contribution in [0.4, 0.5) is 0 Å². The minimum absolute atomic E-state index is 0.180. The van der Waals surface area contributed by atoms with Gasteiger partial charge in [0.15, 0.2) is 0 Å². The van der Waals surface area contributed by atoms with E-state index in [1.165, 1.54) is 18.6 Å². The van der Waals surface area contributed by atoms with Gasteiger partial charge >= 0.3 is 0 Å². The average molecular weight is 293 g/mol. The van der Waals surface area contributed by atoms with Crippen LogP contribution in [0.5, 0.6) is 0 Å². The van der Waals surface area contributed by atoms with Crippen LogP contribution in [0.15, 0.2) is 29.6 Å². The molecule has 21 heavy (non-hydrogen) atoms. The van der Waals surface area contributed by atoms with Gasteiger partial charge in [0, 0.05) is 36.7 Å². The number of amides is 1. The molecule has 1 aliphatic carbocycles. The molecule has 0 saturated heterocycles. The molecule has 7 heteroatoms. The number of nitrogens with one attached hydrogen (secondary N) is 1. The number of hydrazone groups is 1. The van der Waals surface area contributed by atoms with E-state index in [-0.39, 0.29) is 30.8 Å². The lowest BCUT2D eigenvalue weighted by atomic mass is 9.92. The molecule has 0 radical (unpaired) electrons. The van der Waals surface area contributed by atoms with Gasteiger partial charge in [-0.15, -0.1) is 0 Å². The summed E-state index contributed by atoms with van der Waals surface area (Å²) in [7, 11) is 0. The summed E-state index contributed by atoms with van der Waals surface area (Å²) < 4.78 is 0. The van der Waals surface area contributed by atoms with E-state index in [4.69, 9.17) is 0 Å². The predicted octanol–water partition coefficient (Wildman–Crippen LogP) is -0.463. The van der Waals surface area contributed by atoms with Crippen molar-refractivity contribution in [3.05, 3.63) is 30.1 Å². The number of aromatic nitrogens is 1. The third-order valence-corrected chi connectivity index (χ3v) is 3.81. The molecule has 1 heterocycles. The minimum atomic E-state index is -0.699. The van der Waals surface area contributed by atoms with Gasteiger partial charge in [0.1, 0.15) is 0 Å². The van der Waals surface area contributed by atoms with Gasteiger partial charge in [0.05, 0.1) is 12.2 Å². The maximum Gasteiger partial charge on any atom is 0.271 e. The van der Waals surface area contributed by atoms with E-state index in [0.717, 1.165) is 0 Å². The fourth-order valence-electron chi connectivity index (χ4n) is 2.60. The molecule has 1 fully saturated rings. The molecule has 4 atom stereocenters. The second-order valence-electron chi connectivity index (χ2n) is 5.10. The van der Waals surface area contributed by atoms with Crippen LogP contribution in [0, 0.1) is 11.8 Å². The van der Waals surface area contributed by atoms with Gasteiger partial charge in [0.2, 0.25) is 0 Å². The van der Waals surface area contributed by atoms with E-state index in [1.807, 2.05) is 0 Å². The van der Waals surface area contributed by atoms with Crippen molar-refractivity contribution >= 4 is 12.1 Å². The summed E-state index contributed by atoms with van der Waals surface area (Å²) in [5, 5.41) is 32.6. The highest BCUT2D eigenvalue weighted by Gasteiger charge is 2.40. The Balaban J connectivity index is 1.84. The number of carbonyl (C=O) groups is 1. The van der Waals surface area contributed by atoms with Gasteiger partial charge in [-0.2, -0.15) is 5.10 Å². The summed E-state index contributed by atoms with van der Waals surface area (Å²) in [5.41, 5.74) is 2.83.